The molecule has 3 rings (SSSR count). The van der Waals surface area contributed by atoms with Gasteiger partial charge in [0, 0.05) is 9.77 Å². The molecule has 1 aliphatic rings. The van der Waals surface area contributed by atoms with Crippen LogP contribution in [0.2, 0.25) is 0 Å². The summed E-state index contributed by atoms with van der Waals surface area (Å²) in [5.41, 5.74) is 2.38. The van der Waals surface area contributed by atoms with E-state index in [1.165, 1.54) is 22.6 Å². The molecule has 0 saturated heterocycles. The zero-order valence-corrected chi connectivity index (χ0v) is 12.9. The molecule has 0 radical (unpaired) electrons. The highest BCUT2D eigenvalue weighted by Crippen LogP contribution is 2.30. The number of hydrogen-bond acceptors (Lipinski definition) is 4. The van der Waals surface area contributed by atoms with E-state index < -0.39 is 0 Å². The minimum absolute atomic E-state index is 0.0191. The lowest BCUT2D eigenvalue weighted by Crippen LogP contribution is -2.14. The first-order chi connectivity index (χ1) is 9.72. The molecule has 1 aliphatic carbocycles. The first-order valence-electron chi connectivity index (χ1n) is 6.69. The average molecular weight is 304 g/mol. The summed E-state index contributed by atoms with van der Waals surface area (Å²) in [4.78, 5) is 18.9. The number of thiazole rings is 1. The number of aryl methyl sites for hydroxylation is 3. The van der Waals surface area contributed by atoms with Gasteiger partial charge in [0.15, 0.2) is 5.13 Å². The molecule has 1 amide bonds. The van der Waals surface area contributed by atoms with Gasteiger partial charge in [0.05, 0.1) is 11.4 Å². The predicted molar refractivity (Wildman–Crippen MR) is 84.7 cm³/mol. The van der Waals surface area contributed by atoms with Crippen molar-refractivity contribution in [2.24, 2.45) is 0 Å². The van der Waals surface area contributed by atoms with E-state index in [1.807, 2.05) is 18.2 Å². The Kier molecular flexibility index (Phi) is 4.08. The maximum atomic E-state index is 12.0. The standard InChI is InChI=1S/C15H16N2OS2/c1-10-5-2-3-7-12(10)19-9-14(18)17-15-16-11-6-4-8-13(11)20-15/h2-3,5,7H,4,6,8-9H2,1H3,(H,16,17,18). The number of carbonyl (C=O) groups is 1. The molecule has 3 nitrogen and oxygen atoms in total. The van der Waals surface area contributed by atoms with Gasteiger partial charge in [-0.2, -0.15) is 0 Å². The fraction of sp³-hybridized carbons (Fsp3) is 0.333. The molecular formula is C15H16N2OS2. The first-order valence-corrected chi connectivity index (χ1v) is 8.49. The van der Waals surface area contributed by atoms with Gasteiger partial charge in [0.1, 0.15) is 0 Å². The van der Waals surface area contributed by atoms with E-state index in [0.717, 1.165) is 22.9 Å². The monoisotopic (exact) mass is 304 g/mol. The molecule has 1 heterocycles. The molecule has 0 spiro atoms. The number of amides is 1. The van der Waals surface area contributed by atoms with Crippen molar-refractivity contribution in [1.29, 1.82) is 0 Å². The number of carbonyl (C=O) groups excluding carboxylic acids is 1. The first kappa shape index (κ1) is 13.6. The van der Waals surface area contributed by atoms with Crippen molar-refractivity contribution >= 4 is 34.1 Å². The van der Waals surface area contributed by atoms with E-state index in [4.69, 9.17) is 0 Å². The molecule has 104 valence electrons. The molecule has 1 aromatic carbocycles. The Bertz CT molecular complexity index is 615. The normalized spacial score (nSPS) is 13.2. The highest BCUT2D eigenvalue weighted by Gasteiger charge is 2.17. The second-order valence-corrected chi connectivity index (χ2v) is 6.95. The molecule has 0 aliphatic heterocycles. The van der Waals surface area contributed by atoms with E-state index in [2.05, 4.69) is 23.3 Å². The Morgan fingerprint density at radius 1 is 1.40 bits per heavy atom. The average Bonchev–Trinajstić information content (AvgIpc) is 2.98. The van der Waals surface area contributed by atoms with Crippen molar-refractivity contribution in [2.45, 2.75) is 31.1 Å². The Labute approximate surface area is 126 Å². The Hall–Kier alpha value is -1.33. The zero-order chi connectivity index (χ0) is 13.9. The van der Waals surface area contributed by atoms with Crippen LogP contribution in [0, 0.1) is 6.92 Å². The van der Waals surface area contributed by atoms with Crippen LogP contribution in [-0.4, -0.2) is 16.6 Å². The van der Waals surface area contributed by atoms with E-state index in [9.17, 15) is 4.79 Å². The van der Waals surface area contributed by atoms with Gasteiger partial charge in [-0.1, -0.05) is 18.2 Å². The van der Waals surface area contributed by atoms with Crippen LogP contribution in [0.5, 0.6) is 0 Å². The second-order valence-electron chi connectivity index (χ2n) is 4.84. The highest BCUT2D eigenvalue weighted by atomic mass is 32.2. The lowest BCUT2D eigenvalue weighted by atomic mass is 10.2. The van der Waals surface area contributed by atoms with Crippen LogP contribution in [0.1, 0.15) is 22.6 Å². The van der Waals surface area contributed by atoms with Crippen LogP contribution in [0.15, 0.2) is 29.2 Å². The van der Waals surface area contributed by atoms with Crippen LogP contribution in [0.4, 0.5) is 5.13 Å². The fourth-order valence-electron chi connectivity index (χ4n) is 2.26. The predicted octanol–water partition coefficient (Wildman–Crippen LogP) is 3.67. The molecule has 1 N–H and O–H groups in total. The van der Waals surface area contributed by atoms with Gasteiger partial charge in [-0.3, -0.25) is 4.79 Å². The van der Waals surface area contributed by atoms with Crippen LogP contribution < -0.4 is 5.32 Å². The molecule has 20 heavy (non-hydrogen) atoms. The van der Waals surface area contributed by atoms with E-state index in [-0.39, 0.29) is 5.91 Å². The summed E-state index contributed by atoms with van der Waals surface area (Å²) in [5, 5.41) is 3.66. The minimum atomic E-state index is 0.0191. The topological polar surface area (TPSA) is 42.0 Å². The smallest absolute Gasteiger partial charge is 0.236 e. The third-order valence-electron chi connectivity index (χ3n) is 3.29. The number of aromatic nitrogens is 1. The lowest BCUT2D eigenvalue weighted by Gasteiger charge is -2.05. The number of thioether (sulfide) groups is 1. The van der Waals surface area contributed by atoms with Crippen LogP contribution in [0.3, 0.4) is 0 Å². The number of anilines is 1. The van der Waals surface area contributed by atoms with Gasteiger partial charge in [-0.25, -0.2) is 4.98 Å². The van der Waals surface area contributed by atoms with Gasteiger partial charge in [0.25, 0.3) is 0 Å². The van der Waals surface area contributed by atoms with Gasteiger partial charge in [-0.15, -0.1) is 23.1 Å². The number of benzene rings is 1. The quantitative estimate of drug-likeness (QED) is 0.876. The highest BCUT2D eigenvalue weighted by molar-refractivity contribution is 8.00. The van der Waals surface area contributed by atoms with Crippen molar-refractivity contribution in [3.05, 3.63) is 40.4 Å². The van der Waals surface area contributed by atoms with Gasteiger partial charge >= 0.3 is 0 Å². The summed E-state index contributed by atoms with van der Waals surface area (Å²) >= 11 is 3.19. The summed E-state index contributed by atoms with van der Waals surface area (Å²) in [6.07, 6.45) is 3.37. The third-order valence-corrected chi connectivity index (χ3v) is 5.54. The summed E-state index contributed by atoms with van der Waals surface area (Å²) in [7, 11) is 0. The zero-order valence-electron chi connectivity index (χ0n) is 11.3. The van der Waals surface area contributed by atoms with Gasteiger partial charge in [0.2, 0.25) is 5.91 Å². The van der Waals surface area contributed by atoms with E-state index in [0.29, 0.717) is 5.75 Å². The molecule has 0 saturated carbocycles. The van der Waals surface area contributed by atoms with E-state index in [1.54, 1.807) is 23.1 Å². The summed E-state index contributed by atoms with van der Waals surface area (Å²) in [6.45, 7) is 2.06. The number of nitrogens with one attached hydrogen (secondary N) is 1. The SMILES string of the molecule is Cc1ccccc1SCC(=O)Nc1nc2c(s1)CCC2. The number of rotatable bonds is 4. The van der Waals surface area contributed by atoms with Crippen molar-refractivity contribution in [1.82, 2.24) is 4.98 Å². The summed E-state index contributed by atoms with van der Waals surface area (Å²) < 4.78 is 0. The number of fused-ring (bicyclic) bond motifs is 1. The maximum Gasteiger partial charge on any atom is 0.236 e. The molecule has 0 atom stereocenters. The Balaban J connectivity index is 1.56. The third kappa shape index (κ3) is 3.04. The molecule has 0 unspecified atom stereocenters. The Morgan fingerprint density at radius 2 is 2.25 bits per heavy atom. The molecule has 1 aromatic heterocycles. The number of nitrogens with zero attached hydrogens (tertiary/aromatic N) is 1. The molecule has 5 heteroatoms. The van der Waals surface area contributed by atoms with Crippen molar-refractivity contribution < 1.29 is 4.79 Å². The van der Waals surface area contributed by atoms with Crippen molar-refractivity contribution in [2.75, 3.05) is 11.1 Å². The molecular weight excluding hydrogens is 288 g/mol. The summed E-state index contributed by atoms with van der Waals surface area (Å²) in [5.74, 6) is 0.445. The lowest BCUT2D eigenvalue weighted by molar-refractivity contribution is -0.113. The molecule has 0 bridgehead atoms. The van der Waals surface area contributed by atoms with E-state index >= 15 is 0 Å². The van der Waals surface area contributed by atoms with Gasteiger partial charge < -0.3 is 5.32 Å². The maximum absolute atomic E-state index is 12.0. The molecule has 0 fully saturated rings. The summed E-state index contributed by atoms with van der Waals surface area (Å²) in [6, 6.07) is 8.12. The van der Waals surface area contributed by atoms with Crippen molar-refractivity contribution in [3.63, 3.8) is 0 Å². The largest absolute Gasteiger partial charge is 0.301 e. The van der Waals surface area contributed by atoms with Crippen LogP contribution >= 0.6 is 23.1 Å². The van der Waals surface area contributed by atoms with Crippen molar-refractivity contribution in [3.8, 4) is 0 Å². The second kappa shape index (κ2) is 5.97. The van der Waals surface area contributed by atoms with Gasteiger partial charge in [-0.05, 0) is 37.8 Å². The molecule has 2 aromatic rings. The number of hydrogen-bond donors (Lipinski definition) is 1. The van der Waals surface area contributed by atoms with Crippen LogP contribution in [0.25, 0.3) is 0 Å². The Morgan fingerprint density at radius 3 is 3.05 bits per heavy atom. The fourth-order valence-corrected chi connectivity index (χ4v) is 4.16. The van der Waals surface area contributed by atoms with Crippen LogP contribution in [-0.2, 0) is 17.6 Å². The minimum Gasteiger partial charge on any atom is -0.301 e.